The quantitative estimate of drug-likeness (QED) is 0.0721. The molecular formula is C86H65N3S. The Morgan fingerprint density at radius 2 is 1.08 bits per heavy atom. The standard InChI is InChI=1S/C80H53N3S.C6H12/c1-3-16-75(81-38-4-2)64-21-10-8-20-63(64)58-35-37-78-73(47-58)72-44-51(34-36-77(72)83(78)61-17-6-5-7-18-61)50-26-28-53-40-56-31-33-59(46-70(56)67(53)42-50)71-48-60(49-74-66-23-12-13-25-79(66)84-80(71)74)52-27-29-54-41-55-30-32-57(45-69(55)68(54)43-52)62-19-9-11-22-65(62)76-24-14-15-39-82-76;1-4-5-6(2)3/h1,4-7,9,11-39,42-49H,2,8,10,40-41H2;4-6H,1-3H3/b75-16-,81-38?;5-4-. The molecule has 16 rings (SSSR count). The van der Waals surface area contributed by atoms with E-state index in [1.807, 2.05) is 30.5 Å². The van der Waals surface area contributed by atoms with Gasteiger partial charge in [-0.2, -0.15) is 0 Å². The highest BCUT2D eigenvalue weighted by atomic mass is 32.1. The summed E-state index contributed by atoms with van der Waals surface area (Å²) in [7, 11) is 0. The van der Waals surface area contributed by atoms with Crippen molar-refractivity contribution in [3.63, 3.8) is 0 Å². The lowest BCUT2D eigenvalue weighted by atomic mass is 9.89. The molecule has 0 spiro atoms. The van der Waals surface area contributed by atoms with Gasteiger partial charge in [0.15, 0.2) is 0 Å². The lowest BCUT2D eigenvalue weighted by Gasteiger charge is -2.17. The van der Waals surface area contributed by atoms with Crippen molar-refractivity contribution in [1.82, 2.24) is 9.55 Å². The number of fused-ring (bicyclic) bond motifs is 12. The van der Waals surface area contributed by atoms with E-state index in [0.717, 1.165) is 82.0 Å². The van der Waals surface area contributed by atoms with E-state index in [1.165, 1.54) is 120 Å². The van der Waals surface area contributed by atoms with Crippen LogP contribution in [0.15, 0.2) is 284 Å². The van der Waals surface area contributed by atoms with E-state index in [1.54, 1.807) is 18.4 Å². The number of benzene rings is 10. The van der Waals surface area contributed by atoms with Crippen LogP contribution in [0.2, 0.25) is 0 Å². The van der Waals surface area contributed by atoms with Gasteiger partial charge < -0.3 is 4.57 Å². The number of pyridine rings is 1. The molecule has 3 nitrogen and oxygen atoms in total. The summed E-state index contributed by atoms with van der Waals surface area (Å²) < 4.78 is 5.02. The lowest BCUT2D eigenvalue weighted by Crippen LogP contribution is -1.98. The van der Waals surface area contributed by atoms with Crippen LogP contribution in [0.1, 0.15) is 61.4 Å². The summed E-state index contributed by atoms with van der Waals surface area (Å²) in [6, 6.07) is 81.7. The van der Waals surface area contributed by atoms with Crippen LogP contribution in [0.5, 0.6) is 0 Å². The van der Waals surface area contributed by atoms with Crippen LogP contribution >= 0.6 is 11.3 Å². The van der Waals surface area contributed by atoms with E-state index in [-0.39, 0.29) is 0 Å². The van der Waals surface area contributed by atoms with E-state index >= 15 is 0 Å². The molecule has 3 aliphatic rings. The smallest absolute Gasteiger partial charge is 0.0788 e. The predicted molar refractivity (Wildman–Crippen MR) is 386 cm³/mol. The Balaban J connectivity index is 0.00000108. The van der Waals surface area contributed by atoms with Crippen LogP contribution in [0.4, 0.5) is 0 Å². The predicted octanol–water partition coefficient (Wildman–Crippen LogP) is 23.1. The number of hydrogen-bond acceptors (Lipinski definition) is 3. The Bertz CT molecular complexity index is 5240. The Hall–Kier alpha value is -10.7. The summed E-state index contributed by atoms with van der Waals surface area (Å²) in [4.78, 5) is 9.46. The van der Waals surface area contributed by atoms with Crippen molar-refractivity contribution in [2.45, 2.75) is 46.5 Å². The Labute approximate surface area is 531 Å². The third kappa shape index (κ3) is 10.2. The molecule has 0 atom stereocenters. The van der Waals surface area contributed by atoms with Gasteiger partial charge in [-0.25, -0.2) is 0 Å². The fourth-order valence-electron chi connectivity index (χ4n) is 13.9. The second-order valence-corrected chi connectivity index (χ2v) is 25.1. The SMILES string of the molecule is C#C/C=C(\N=CC=C)C1=CCCC=C1c1ccc2c(c1)c1cc(-c3ccc4c(c3)-c3cc(-c5cc(-c6ccc7c(c6)-c6cc(-c8ccccc8-c8ccccn8)ccc6C7)cc6c5sc5ccccc56)ccc3C4)ccc1n2-c1ccccc1.C/C=C\C(C)C. The highest BCUT2D eigenvalue weighted by Gasteiger charge is 2.25. The normalized spacial score (nSPS) is 13.3. The minimum absolute atomic E-state index is 0.718. The van der Waals surface area contributed by atoms with Gasteiger partial charge in [0.1, 0.15) is 0 Å². The van der Waals surface area contributed by atoms with Crippen molar-refractivity contribution in [2.75, 3.05) is 0 Å². The third-order valence-corrected chi connectivity index (χ3v) is 19.3. The molecule has 0 N–H and O–H groups in total. The van der Waals surface area contributed by atoms with Crippen LogP contribution in [0.25, 0.3) is 131 Å². The van der Waals surface area contributed by atoms with Crippen LogP contribution in [0.3, 0.4) is 0 Å². The second kappa shape index (κ2) is 23.8. The molecule has 0 fully saturated rings. The van der Waals surface area contributed by atoms with Crippen LogP contribution in [-0.4, -0.2) is 15.8 Å². The fourth-order valence-corrected chi connectivity index (χ4v) is 15.1. The topological polar surface area (TPSA) is 30.2 Å². The summed E-state index contributed by atoms with van der Waals surface area (Å²) >= 11 is 1.90. The maximum Gasteiger partial charge on any atom is 0.0788 e. The first-order chi connectivity index (χ1) is 44.3. The van der Waals surface area contributed by atoms with Crippen molar-refractivity contribution in [2.24, 2.45) is 10.9 Å². The fraction of sp³-hybridized carbons (Fsp3) is 0.0930. The Morgan fingerprint density at radius 3 is 1.72 bits per heavy atom. The first kappa shape index (κ1) is 55.9. The number of aliphatic imine (C=N–C) groups is 1. The number of terminal acetylenes is 1. The molecule has 0 saturated heterocycles. The van der Waals surface area contributed by atoms with E-state index < -0.39 is 0 Å². The van der Waals surface area contributed by atoms with Crippen LogP contribution in [0, 0.1) is 18.3 Å². The van der Waals surface area contributed by atoms with Gasteiger partial charge in [-0.05, 0) is 224 Å². The number of nitrogens with zero attached hydrogens (tertiary/aromatic N) is 3. The molecular weight excluding hydrogens is 1110 g/mol. The monoisotopic (exact) mass is 1170 g/mol. The molecule has 4 heteroatoms. The van der Waals surface area contributed by atoms with Gasteiger partial charge in [-0.15, -0.1) is 17.8 Å². The minimum atomic E-state index is 0.718. The molecule has 10 aromatic carbocycles. The summed E-state index contributed by atoms with van der Waals surface area (Å²) in [6.45, 7) is 10.2. The van der Waals surface area contributed by atoms with Crippen LogP contribution in [-0.2, 0) is 12.8 Å². The van der Waals surface area contributed by atoms with Gasteiger partial charge in [-0.3, -0.25) is 9.98 Å². The number of hydrogen-bond donors (Lipinski definition) is 0. The number of thiophene rings is 1. The number of para-hydroxylation sites is 1. The van der Waals surface area contributed by atoms with E-state index in [2.05, 4.69) is 268 Å². The summed E-state index contributed by atoms with van der Waals surface area (Å²) in [5.74, 6) is 3.45. The lowest BCUT2D eigenvalue weighted by molar-refractivity contribution is 0.830. The van der Waals surface area contributed by atoms with Gasteiger partial charge in [0, 0.05) is 71.8 Å². The molecule has 0 saturated carbocycles. The zero-order valence-corrected chi connectivity index (χ0v) is 51.7. The largest absolute Gasteiger partial charge is 0.309 e. The van der Waals surface area contributed by atoms with Gasteiger partial charge >= 0.3 is 0 Å². The minimum Gasteiger partial charge on any atom is -0.309 e. The van der Waals surface area contributed by atoms with Crippen molar-refractivity contribution < 1.29 is 0 Å². The van der Waals surface area contributed by atoms with Gasteiger partial charge in [-0.1, -0.05) is 184 Å². The van der Waals surface area contributed by atoms with Gasteiger partial charge in [0.2, 0.25) is 0 Å². The molecule has 3 aliphatic carbocycles. The van der Waals surface area contributed by atoms with Crippen molar-refractivity contribution in [3.05, 3.63) is 307 Å². The molecule has 0 bridgehead atoms. The van der Waals surface area contributed by atoms with E-state index in [4.69, 9.17) is 16.4 Å². The Morgan fingerprint density at radius 1 is 0.533 bits per heavy atom. The molecule has 90 heavy (non-hydrogen) atoms. The number of rotatable bonds is 11. The average Bonchev–Trinajstić information content (AvgIpc) is 1.61. The van der Waals surface area contributed by atoms with Crippen LogP contribution < -0.4 is 0 Å². The molecule has 430 valence electrons. The van der Waals surface area contributed by atoms with E-state index in [9.17, 15) is 0 Å². The zero-order valence-electron chi connectivity index (χ0n) is 50.8. The molecule has 3 aromatic heterocycles. The average molecular weight is 1170 g/mol. The van der Waals surface area contributed by atoms with E-state index in [0.29, 0.717) is 0 Å². The van der Waals surface area contributed by atoms with Crippen molar-refractivity contribution >= 4 is 65.1 Å². The molecule has 0 amide bonds. The second-order valence-electron chi connectivity index (χ2n) is 24.0. The summed E-state index contributed by atoms with van der Waals surface area (Å²) in [5.41, 5.74) is 30.1. The molecule has 0 unspecified atom stereocenters. The first-order valence-corrected chi connectivity index (χ1v) is 32.1. The van der Waals surface area contributed by atoms with Crippen molar-refractivity contribution in [3.8, 4) is 96.0 Å². The molecule has 0 aliphatic heterocycles. The number of allylic oxidation sites excluding steroid dienone is 7. The third-order valence-electron chi connectivity index (χ3n) is 18.1. The molecule has 3 heterocycles. The van der Waals surface area contributed by atoms with Gasteiger partial charge in [0.25, 0.3) is 0 Å². The summed E-state index contributed by atoms with van der Waals surface area (Å²) in [5, 5.41) is 4.99. The van der Waals surface area contributed by atoms with Gasteiger partial charge in [0.05, 0.1) is 22.4 Å². The Kier molecular flexibility index (Phi) is 14.8. The maximum absolute atomic E-state index is 5.86. The summed E-state index contributed by atoms with van der Waals surface area (Å²) in [6.07, 6.45) is 25.4. The zero-order chi connectivity index (χ0) is 60.8. The molecule has 0 radical (unpaired) electrons. The maximum atomic E-state index is 5.86. The highest BCUT2D eigenvalue weighted by Crippen LogP contribution is 2.49. The molecule has 13 aromatic rings. The highest BCUT2D eigenvalue weighted by molar-refractivity contribution is 7.26. The van der Waals surface area contributed by atoms with Crippen molar-refractivity contribution in [1.29, 1.82) is 0 Å². The first-order valence-electron chi connectivity index (χ1n) is 31.3. The number of aromatic nitrogens is 2.